The molecule has 2 N–H and O–H groups in total. The molecule has 1 aromatic rings. The second-order valence-electron chi connectivity index (χ2n) is 4.96. The highest BCUT2D eigenvalue weighted by atomic mass is 16.5. The van der Waals surface area contributed by atoms with Crippen LogP contribution in [-0.2, 0) is 25.6 Å². The second kappa shape index (κ2) is 6.23. The molecule has 0 aliphatic heterocycles. The fraction of sp³-hybridized carbons (Fsp3) is 0.462. The number of methoxy groups -OCH3 is 1. The fourth-order valence-electron chi connectivity index (χ4n) is 1.45. The number of pyridine rings is 1. The molecular weight excluding hydrogens is 264 g/mol. The molecule has 0 atom stereocenters. The van der Waals surface area contributed by atoms with Gasteiger partial charge in [0.15, 0.2) is 0 Å². The van der Waals surface area contributed by atoms with Gasteiger partial charge in [-0.15, -0.1) is 0 Å². The van der Waals surface area contributed by atoms with Crippen molar-refractivity contribution in [3.05, 3.63) is 28.7 Å². The van der Waals surface area contributed by atoms with Crippen LogP contribution in [0.25, 0.3) is 0 Å². The van der Waals surface area contributed by atoms with E-state index >= 15 is 0 Å². The first-order chi connectivity index (χ1) is 9.26. The molecule has 110 valence electrons. The van der Waals surface area contributed by atoms with Crippen LogP contribution in [0.15, 0.2) is 23.1 Å². The molecule has 0 fully saturated rings. The van der Waals surface area contributed by atoms with Crippen molar-refractivity contribution in [2.75, 3.05) is 19.5 Å². The van der Waals surface area contributed by atoms with Crippen molar-refractivity contribution in [3.8, 4) is 0 Å². The Labute approximate surface area is 116 Å². The Bertz CT molecular complexity index is 562. The van der Waals surface area contributed by atoms with Crippen LogP contribution in [0.3, 0.4) is 0 Å². The SMILES string of the molecule is COC(=O)C(C)(C)COC(=O)Cn1cc(N)ccc1=O. The molecule has 0 spiro atoms. The Morgan fingerprint density at radius 2 is 2.00 bits per heavy atom. The summed E-state index contributed by atoms with van der Waals surface area (Å²) in [7, 11) is 1.26. The van der Waals surface area contributed by atoms with Crippen molar-refractivity contribution >= 4 is 17.6 Å². The van der Waals surface area contributed by atoms with E-state index in [1.54, 1.807) is 13.8 Å². The molecule has 1 heterocycles. The maximum Gasteiger partial charge on any atom is 0.326 e. The van der Waals surface area contributed by atoms with E-state index in [0.29, 0.717) is 5.69 Å². The van der Waals surface area contributed by atoms with Crippen LogP contribution in [0, 0.1) is 5.41 Å². The number of nitrogens with two attached hydrogens (primary N) is 1. The van der Waals surface area contributed by atoms with E-state index in [2.05, 4.69) is 4.74 Å². The molecule has 0 aliphatic rings. The van der Waals surface area contributed by atoms with E-state index in [4.69, 9.17) is 10.5 Å². The summed E-state index contributed by atoms with van der Waals surface area (Å²) in [6, 6.07) is 2.71. The first-order valence-electron chi connectivity index (χ1n) is 5.96. The number of esters is 2. The number of hydrogen-bond donors (Lipinski definition) is 1. The molecule has 0 radical (unpaired) electrons. The predicted molar refractivity (Wildman–Crippen MR) is 71.9 cm³/mol. The normalized spacial score (nSPS) is 10.9. The van der Waals surface area contributed by atoms with Crippen molar-refractivity contribution in [2.45, 2.75) is 20.4 Å². The van der Waals surface area contributed by atoms with E-state index < -0.39 is 17.4 Å². The van der Waals surface area contributed by atoms with Gasteiger partial charge in [0.05, 0.1) is 12.5 Å². The van der Waals surface area contributed by atoms with Gasteiger partial charge in [-0.1, -0.05) is 0 Å². The highest BCUT2D eigenvalue weighted by Gasteiger charge is 2.30. The summed E-state index contributed by atoms with van der Waals surface area (Å²) >= 11 is 0. The van der Waals surface area contributed by atoms with Gasteiger partial charge in [0.1, 0.15) is 13.2 Å². The number of aromatic nitrogens is 1. The molecule has 1 aromatic heterocycles. The molecule has 0 aromatic carbocycles. The highest BCUT2D eigenvalue weighted by Crippen LogP contribution is 2.17. The Kier molecular flexibility index (Phi) is 4.90. The summed E-state index contributed by atoms with van der Waals surface area (Å²) in [4.78, 5) is 34.6. The van der Waals surface area contributed by atoms with E-state index in [9.17, 15) is 14.4 Å². The van der Waals surface area contributed by atoms with Crippen LogP contribution in [0.5, 0.6) is 0 Å². The zero-order valence-corrected chi connectivity index (χ0v) is 11.7. The predicted octanol–water partition coefficient (Wildman–Crippen LogP) is 0.173. The first kappa shape index (κ1) is 15.7. The van der Waals surface area contributed by atoms with Gasteiger partial charge in [0.25, 0.3) is 5.56 Å². The number of nitrogens with zero attached hydrogens (tertiary/aromatic N) is 1. The number of ether oxygens (including phenoxy) is 2. The van der Waals surface area contributed by atoms with Crippen LogP contribution in [-0.4, -0.2) is 30.2 Å². The largest absolute Gasteiger partial charge is 0.469 e. The van der Waals surface area contributed by atoms with Crippen molar-refractivity contribution in [1.82, 2.24) is 4.57 Å². The molecule has 0 saturated heterocycles. The molecule has 0 unspecified atom stereocenters. The van der Waals surface area contributed by atoms with Crippen LogP contribution in [0.2, 0.25) is 0 Å². The third-order valence-electron chi connectivity index (χ3n) is 2.64. The van der Waals surface area contributed by atoms with Gasteiger partial charge in [0.2, 0.25) is 0 Å². The Morgan fingerprint density at radius 3 is 2.60 bits per heavy atom. The monoisotopic (exact) mass is 282 g/mol. The maximum atomic E-state index is 11.7. The summed E-state index contributed by atoms with van der Waals surface area (Å²) in [6.45, 7) is 2.80. The van der Waals surface area contributed by atoms with E-state index in [0.717, 1.165) is 4.57 Å². The molecular formula is C13H18N2O5. The zero-order valence-electron chi connectivity index (χ0n) is 11.7. The smallest absolute Gasteiger partial charge is 0.326 e. The van der Waals surface area contributed by atoms with Crippen molar-refractivity contribution in [1.29, 1.82) is 0 Å². The third-order valence-corrected chi connectivity index (χ3v) is 2.64. The number of nitrogen functional groups attached to an aromatic ring is 1. The van der Waals surface area contributed by atoms with E-state index in [1.165, 1.54) is 25.4 Å². The average molecular weight is 282 g/mol. The number of hydrogen-bond acceptors (Lipinski definition) is 6. The van der Waals surface area contributed by atoms with Crippen molar-refractivity contribution in [3.63, 3.8) is 0 Å². The Hall–Kier alpha value is -2.31. The van der Waals surface area contributed by atoms with Gasteiger partial charge in [-0.3, -0.25) is 14.4 Å². The molecule has 0 aliphatic carbocycles. The van der Waals surface area contributed by atoms with Gasteiger partial charge < -0.3 is 19.8 Å². The first-order valence-corrected chi connectivity index (χ1v) is 5.96. The lowest BCUT2D eigenvalue weighted by atomic mass is 9.95. The van der Waals surface area contributed by atoms with E-state index in [-0.39, 0.29) is 18.7 Å². The summed E-state index contributed by atoms with van der Waals surface area (Å²) < 4.78 is 10.7. The van der Waals surface area contributed by atoms with E-state index in [1.807, 2.05) is 0 Å². The summed E-state index contributed by atoms with van der Waals surface area (Å²) in [5.74, 6) is -1.11. The van der Waals surface area contributed by atoms with Gasteiger partial charge in [-0.05, 0) is 19.9 Å². The number of carbonyl (C=O) groups is 2. The summed E-state index contributed by atoms with van der Waals surface area (Å²) in [6.07, 6.45) is 1.36. The van der Waals surface area contributed by atoms with Crippen LogP contribution >= 0.6 is 0 Å². The summed E-state index contributed by atoms with van der Waals surface area (Å²) in [5.41, 5.74) is 4.60. The lowest BCUT2D eigenvalue weighted by molar-refractivity contribution is -0.159. The van der Waals surface area contributed by atoms with Gasteiger partial charge in [0, 0.05) is 18.0 Å². The van der Waals surface area contributed by atoms with Gasteiger partial charge in [-0.2, -0.15) is 0 Å². The third kappa shape index (κ3) is 4.11. The second-order valence-corrected chi connectivity index (χ2v) is 4.96. The van der Waals surface area contributed by atoms with Gasteiger partial charge >= 0.3 is 11.9 Å². The standard InChI is InChI=1S/C13H18N2O5/c1-13(2,12(18)19-3)8-20-11(17)7-15-6-9(14)4-5-10(15)16/h4-6H,7-8,14H2,1-3H3. The van der Waals surface area contributed by atoms with Crippen LogP contribution in [0.4, 0.5) is 5.69 Å². The fourth-order valence-corrected chi connectivity index (χ4v) is 1.45. The quantitative estimate of drug-likeness (QED) is 0.773. The average Bonchev–Trinajstić information content (AvgIpc) is 2.39. The molecule has 0 amide bonds. The van der Waals surface area contributed by atoms with Crippen molar-refractivity contribution in [2.24, 2.45) is 5.41 Å². The molecule has 7 heteroatoms. The topological polar surface area (TPSA) is 101 Å². The maximum absolute atomic E-state index is 11.7. The van der Waals surface area contributed by atoms with Gasteiger partial charge in [-0.25, -0.2) is 0 Å². The van der Waals surface area contributed by atoms with Crippen molar-refractivity contribution < 1.29 is 19.1 Å². The highest BCUT2D eigenvalue weighted by molar-refractivity contribution is 5.76. The minimum absolute atomic E-state index is 0.129. The molecule has 20 heavy (non-hydrogen) atoms. The lowest BCUT2D eigenvalue weighted by Crippen LogP contribution is -2.33. The summed E-state index contributed by atoms with van der Waals surface area (Å²) in [5, 5.41) is 0. The number of carbonyl (C=O) groups excluding carboxylic acids is 2. The Balaban J connectivity index is 2.63. The molecule has 0 bridgehead atoms. The minimum atomic E-state index is -0.939. The molecule has 1 rings (SSSR count). The molecule has 0 saturated carbocycles. The Morgan fingerprint density at radius 1 is 1.35 bits per heavy atom. The lowest BCUT2D eigenvalue weighted by Gasteiger charge is -2.20. The number of anilines is 1. The zero-order chi connectivity index (χ0) is 15.3. The molecule has 7 nitrogen and oxygen atoms in total. The minimum Gasteiger partial charge on any atom is -0.469 e. The van der Waals surface area contributed by atoms with Crippen LogP contribution in [0.1, 0.15) is 13.8 Å². The van der Waals surface area contributed by atoms with Crippen LogP contribution < -0.4 is 11.3 Å². The number of rotatable bonds is 5.